The average molecular weight is 777 g/mol. The molecule has 0 saturated heterocycles. The Morgan fingerprint density at radius 2 is 1.18 bits per heavy atom. The Hall–Kier alpha value is -3.75. The van der Waals surface area contributed by atoms with Gasteiger partial charge in [0.2, 0.25) is 5.89 Å². The van der Waals surface area contributed by atoms with Crippen molar-refractivity contribution in [2.45, 2.75) is 78.6 Å². The summed E-state index contributed by atoms with van der Waals surface area (Å²) in [5.41, 5.74) is 10.2. The number of nitrogens with zero attached hydrogens (tertiary/aromatic N) is 2. The first kappa shape index (κ1) is 32.6. The van der Waals surface area contributed by atoms with E-state index < -0.39 is 0 Å². The van der Waals surface area contributed by atoms with Crippen molar-refractivity contribution in [1.82, 2.24) is 9.97 Å². The first-order valence-electron chi connectivity index (χ1n) is 15.3. The quantitative estimate of drug-likeness (QED) is 0.182. The SMILES string of the molecule is CC(C)(C)c1cc(-c2cc(C(C)(C)C)cc3cccnc23)[c-]c(-c2cc(C(C)(C)C)cc3oc(-c4ccccc4O)nc23)c1.[Pt]. The van der Waals surface area contributed by atoms with Crippen molar-refractivity contribution in [3.8, 4) is 39.5 Å². The molecule has 0 atom stereocenters. The smallest absolute Gasteiger partial charge is 0.230 e. The molecule has 0 saturated carbocycles. The van der Waals surface area contributed by atoms with Crippen LogP contribution in [0.3, 0.4) is 0 Å². The van der Waals surface area contributed by atoms with Gasteiger partial charge in [0, 0.05) is 32.8 Å². The molecule has 0 radical (unpaired) electrons. The summed E-state index contributed by atoms with van der Waals surface area (Å²) in [6.07, 6.45) is 1.86. The monoisotopic (exact) mass is 776 g/mol. The molecule has 0 aliphatic rings. The van der Waals surface area contributed by atoms with E-state index in [1.54, 1.807) is 12.1 Å². The van der Waals surface area contributed by atoms with Crippen LogP contribution in [0, 0.1) is 6.07 Å². The van der Waals surface area contributed by atoms with Crippen LogP contribution in [-0.2, 0) is 37.3 Å². The second-order valence-electron chi connectivity index (χ2n) is 15.0. The first-order chi connectivity index (χ1) is 20.6. The minimum atomic E-state index is -0.129. The van der Waals surface area contributed by atoms with Crippen molar-refractivity contribution in [3.63, 3.8) is 0 Å². The Morgan fingerprint density at radius 1 is 0.622 bits per heavy atom. The molecule has 4 nitrogen and oxygen atoms in total. The van der Waals surface area contributed by atoms with Gasteiger partial charge in [0.1, 0.15) is 11.3 Å². The number of fused-ring (bicyclic) bond motifs is 2. The molecule has 4 aromatic carbocycles. The fraction of sp³-hybridized carbons (Fsp3) is 0.300. The van der Waals surface area contributed by atoms with E-state index in [1.807, 2.05) is 24.4 Å². The van der Waals surface area contributed by atoms with Crippen molar-refractivity contribution in [3.05, 3.63) is 102 Å². The fourth-order valence-corrected chi connectivity index (χ4v) is 5.56. The minimum absolute atomic E-state index is 0. The number of phenolic OH excluding ortho intramolecular Hbond substituents is 1. The standard InChI is InChI=1S/C40H41N2O2.Pt/c1-38(2,3)27-19-25(31-21-28(39(4,5)6)18-24-13-12-16-41-35(24)31)17-26(20-27)32-22-29(40(7,8)9)23-34-36(32)42-37(44-34)30-14-10-11-15-33(30)43;/h10-16,18-23,43H,1-9H3;/q-1;. The van der Waals surface area contributed by atoms with Crippen molar-refractivity contribution >= 4 is 22.0 Å². The van der Waals surface area contributed by atoms with E-state index in [0.717, 1.165) is 44.2 Å². The zero-order valence-corrected chi connectivity index (χ0v) is 29.8. The maximum absolute atomic E-state index is 10.6. The van der Waals surface area contributed by atoms with Crippen molar-refractivity contribution in [2.24, 2.45) is 0 Å². The number of pyridine rings is 1. The molecule has 0 fully saturated rings. The maximum Gasteiger partial charge on any atom is 0.230 e. The minimum Gasteiger partial charge on any atom is -0.507 e. The molecule has 0 amide bonds. The van der Waals surface area contributed by atoms with Gasteiger partial charge < -0.3 is 9.52 Å². The Bertz CT molecular complexity index is 2040. The molecule has 45 heavy (non-hydrogen) atoms. The van der Waals surface area contributed by atoms with E-state index >= 15 is 0 Å². The van der Waals surface area contributed by atoms with Gasteiger partial charge in [-0.2, -0.15) is 0 Å². The predicted molar refractivity (Wildman–Crippen MR) is 182 cm³/mol. The maximum atomic E-state index is 10.6. The summed E-state index contributed by atoms with van der Waals surface area (Å²) in [6.45, 7) is 20.1. The van der Waals surface area contributed by atoms with Crippen LogP contribution in [0.15, 0.2) is 83.4 Å². The molecular formula is C40H41N2O2Pt-. The number of hydrogen-bond acceptors (Lipinski definition) is 4. The molecule has 1 N–H and O–H groups in total. The number of aromatic hydroxyl groups is 1. The van der Waals surface area contributed by atoms with E-state index in [0.29, 0.717) is 17.0 Å². The predicted octanol–water partition coefficient (Wildman–Crippen LogP) is 10.8. The van der Waals surface area contributed by atoms with Gasteiger partial charge in [-0.3, -0.25) is 4.98 Å². The Balaban J connectivity index is 0.00000400. The van der Waals surface area contributed by atoms with Gasteiger partial charge in [-0.25, -0.2) is 4.98 Å². The van der Waals surface area contributed by atoms with Gasteiger partial charge in [-0.1, -0.05) is 110 Å². The van der Waals surface area contributed by atoms with Crippen molar-refractivity contribution in [2.75, 3.05) is 0 Å². The summed E-state index contributed by atoms with van der Waals surface area (Å²) in [5.74, 6) is 0.531. The van der Waals surface area contributed by atoms with Gasteiger partial charge in [-0.15, -0.1) is 34.9 Å². The molecular weight excluding hydrogens is 736 g/mol. The van der Waals surface area contributed by atoms with E-state index in [1.165, 1.54) is 11.1 Å². The third kappa shape index (κ3) is 6.36. The normalized spacial score (nSPS) is 12.5. The van der Waals surface area contributed by atoms with Crippen LogP contribution in [0.25, 0.3) is 55.7 Å². The van der Waals surface area contributed by atoms with Gasteiger partial charge in [0.15, 0.2) is 0 Å². The largest absolute Gasteiger partial charge is 0.507 e. The second-order valence-corrected chi connectivity index (χ2v) is 15.0. The third-order valence-electron chi connectivity index (χ3n) is 8.38. The zero-order valence-electron chi connectivity index (χ0n) is 27.6. The van der Waals surface area contributed by atoms with Crippen molar-refractivity contribution < 1.29 is 30.6 Å². The second kappa shape index (κ2) is 11.6. The number of phenols is 1. The van der Waals surface area contributed by atoms with E-state index in [4.69, 9.17) is 14.4 Å². The zero-order chi connectivity index (χ0) is 31.6. The van der Waals surface area contributed by atoms with Gasteiger partial charge >= 0.3 is 0 Å². The summed E-state index contributed by atoms with van der Waals surface area (Å²) in [7, 11) is 0. The Morgan fingerprint density at radius 3 is 1.78 bits per heavy atom. The van der Waals surface area contributed by atoms with Crippen LogP contribution in [0.4, 0.5) is 0 Å². The van der Waals surface area contributed by atoms with E-state index in [2.05, 4.69) is 111 Å². The molecule has 0 bridgehead atoms. The number of benzene rings is 4. The Kier molecular flexibility index (Phi) is 8.38. The van der Waals surface area contributed by atoms with Crippen molar-refractivity contribution in [1.29, 1.82) is 0 Å². The average Bonchev–Trinajstić information content (AvgIpc) is 3.39. The fourth-order valence-electron chi connectivity index (χ4n) is 5.56. The number of oxazole rings is 1. The number of hydrogen-bond donors (Lipinski definition) is 1. The molecule has 6 rings (SSSR count). The van der Waals surface area contributed by atoms with Gasteiger partial charge in [0.25, 0.3) is 0 Å². The summed E-state index contributed by atoms with van der Waals surface area (Å²) in [4.78, 5) is 9.82. The van der Waals surface area contributed by atoms with Crippen LogP contribution in [0.2, 0.25) is 0 Å². The van der Waals surface area contributed by atoms with Gasteiger partial charge in [0.05, 0.1) is 11.1 Å². The molecule has 2 heterocycles. The molecule has 0 unspecified atom stereocenters. The molecule has 0 aliphatic heterocycles. The first-order valence-corrected chi connectivity index (χ1v) is 15.3. The number of para-hydroxylation sites is 1. The Labute approximate surface area is 281 Å². The van der Waals surface area contributed by atoms with Crippen LogP contribution in [0.5, 0.6) is 5.75 Å². The molecule has 2 aromatic heterocycles. The third-order valence-corrected chi connectivity index (χ3v) is 8.38. The van der Waals surface area contributed by atoms with E-state index in [-0.39, 0.29) is 43.1 Å². The van der Waals surface area contributed by atoms with Crippen LogP contribution in [0.1, 0.15) is 79.0 Å². The van der Waals surface area contributed by atoms with Crippen LogP contribution >= 0.6 is 0 Å². The number of aromatic nitrogens is 2. The topological polar surface area (TPSA) is 59.2 Å². The molecule has 0 aliphatic carbocycles. The summed E-state index contributed by atoms with van der Waals surface area (Å²) < 4.78 is 6.36. The molecule has 0 spiro atoms. The molecule has 234 valence electrons. The number of rotatable bonds is 3. The van der Waals surface area contributed by atoms with Gasteiger partial charge in [-0.05, 0) is 57.0 Å². The van der Waals surface area contributed by atoms with E-state index in [9.17, 15) is 5.11 Å². The summed E-state index contributed by atoms with van der Waals surface area (Å²) in [6, 6.07) is 28.5. The molecule has 6 aromatic rings. The van der Waals surface area contributed by atoms with Crippen LogP contribution < -0.4 is 0 Å². The molecule has 5 heteroatoms. The summed E-state index contributed by atoms with van der Waals surface area (Å²) in [5, 5.41) is 11.7. The summed E-state index contributed by atoms with van der Waals surface area (Å²) >= 11 is 0. The van der Waals surface area contributed by atoms with Crippen LogP contribution in [-0.4, -0.2) is 15.1 Å².